The molecule has 0 bridgehead atoms. The standard InChI is InChI=1S/C19H38N2/c1-15(2)7-8-17(5)13-19-9-11-21(12-10-19)14-18(6)20-16(3)4/h15-17,19-20H,6-14H2,1-5H3. The molecule has 0 saturated carbocycles. The Morgan fingerprint density at radius 3 is 2.24 bits per heavy atom. The molecule has 0 spiro atoms. The molecule has 0 aliphatic carbocycles. The summed E-state index contributed by atoms with van der Waals surface area (Å²) in [6.45, 7) is 19.1. The molecule has 1 unspecified atom stereocenters. The Morgan fingerprint density at radius 2 is 1.71 bits per heavy atom. The lowest BCUT2D eigenvalue weighted by Crippen LogP contribution is -2.38. The van der Waals surface area contributed by atoms with Crippen molar-refractivity contribution in [3.8, 4) is 0 Å². The maximum atomic E-state index is 4.14. The predicted molar refractivity (Wildman–Crippen MR) is 94.4 cm³/mol. The summed E-state index contributed by atoms with van der Waals surface area (Å²) in [5, 5.41) is 3.42. The molecule has 1 fully saturated rings. The molecule has 2 nitrogen and oxygen atoms in total. The van der Waals surface area contributed by atoms with Crippen molar-refractivity contribution in [1.82, 2.24) is 10.2 Å². The van der Waals surface area contributed by atoms with Crippen LogP contribution in [0.1, 0.15) is 66.7 Å². The van der Waals surface area contributed by atoms with Crippen LogP contribution in [-0.4, -0.2) is 30.6 Å². The van der Waals surface area contributed by atoms with Crippen LogP contribution >= 0.6 is 0 Å². The van der Waals surface area contributed by atoms with E-state index < -0.39 is 0 Å². The fourth-order valence-electron chi connectivity index (χ4n) is 3.41. The van der Waals surface area contributed by atoms with E-state index in [0.717, 1.165) is 24.3 Å². The Labute approximate surface area is 133 Å². The number of piperidine rings is 1. The third-order valence-corrected chi connectivity index (χ3v) is 4.59. The number of hydrogen-bond acceptors (Lipinski definition) is 2. The minimum absolute atomic E-state index is 0.497. The van der Waals surface area contributed by atoms with Crippen LogP contribution in [0.25, 0.3) is 0 Å². The summed E-state index contributed by atoms with van der Waals surface area (Å²) in [5.41, 5.74) is 1.17. The van der Waals surface area contributed by atoms with Gasteiger partial charge in [-0.25, -0.2) is 0 Å². The fourth-order valence-corrected chi connectivity index (χ4v) is 3.41. The van der Waals surface area contributed by atoms with Gasteiger partial charge in [0, 0.05) is 18.3 Å². The second-order valence-corrected chi connectivity index (χ2v) is 7.93. The normalized spacial score (nSPS) is 19.2. The molecule has 0 amide bonds. The Hall–Kier alpha value is -0.500. The van der Waals surface area contributed by atoms with Crippen LogP contribution in [-0.2, 0) is 0 Å². The number of nitrogens with zero attached hydrogens (tertiary/aromatic N) is 1. The molecule has 1 rings (SSSR count). The Bertz CT molecular complexity index is 288. The molecule has 124 valence electrons. The third-order valence-electron chi connectivity index (χ3n) is 4.59. The van der Waals surface area contributed by atoms with Crippen LogP contribution in [0, 0.1) is 17.8 Å². The van der Waals surface area contributed by atoms with Gasteiger partial charge in [0.15, 0.2) is 0 Å². The first-order valence-corrected chi connectivity index (χ1v) is 9.03. The highest BCUT2D eigenvalue weighted by atomic mass is 15.1. The van der Waals surface area contributed by atoms with Crippen LogP contribution in [0.5, 0.6) is 0 Å². The maximum absolute atomic E-state index is 4.14. The summed E-state index contributed by atoms with van der Waals surface area (Å²) < 4.78 is 0. The van der Waals surface area contributed by atoms with Crippen molar-refractivity contribution in [2.75, 3.05) is 19.6 Å². The van der Waals surface area contributed by atoms with Crippen molar-refractivity contribution < 1.29 is 0 Å². The summed E-state index contributed by atoms with van der Waals surface area (Å²) in [6, 6.07) is 0.497. The van der Waals surface area contributed by atoms with Gasteiger partial charge in [-0.05, 0) is 64.0 Å². The summed E-state index contributed by atoms with van der Waals surface area (Å²) >= 11 is 0. The van der Waals surface area contributed by atoms with Gasteiger partial charge < -0.3 is 5.32 Å². The molecular formula is C19H38N2. The van der Waals surface area contributed by atoms with E-state index in [1.54, 1.807) is 0 Å². The third kappa shape index (κ3) is 8.50. The molecule has 2 heteroatoms. The van der Waals surface area contributed by atoms with Crippen molar-refractivity contribution in [1.29, 1.82) is 0 Å². The summed E-state index contributed by atoms with van der Waals surface area (Å²) in [6.07, 6.45) is 6.99. The molecule has 1 saturated heterocycles. The SMILES string of the molecule is C=C(CN1CCC(CC(C)CCC(C)C)CC1)NC(C)C. The van der Waals surface area contributed by atoms with E-state index in [1.807, 2.05) is 0 Å². The van der Waals surface area contributed by atoms with Gasteiger partial charge >= 0.3 is 0 Å². The van der Waals surface area contributed by atoms with Crippen molar-refractivity contribution in [2.45, 2.75) is 72.8 Å². The first-order chi connectivity index (χ1) is 9.86. The van der Waals surface area contributed by atoms with Gasteiger partial charge in [0.2, 0.25) is 0 Å². The Balaban J connectivity index is 2.18. The van der Waals surface area contributed by atoms with Crippen LogP contribution in [0.4, 0.5) is 0 Å². The van der Waals surface area contributed by atoms with Gasteiger partial charge in [-0.2, -0.15) is 0 Å². The fraction of sp³-hybridized carbons (Fsp3) is 0.895. The highest BCUT2D eigenvalue weighted by Crippen LogP contribution is 2.27. The van der Waals surface area contributed by atoms with Gasteiger partial charge in [-0.15, -0.1) is 0 Å². The largest absolute Gasteiger partial charge is 0.386 e. The molecule has 1 aliphatic heterocycles. The van der Waals surface area contributed by atoms with Crippen LogP contribution in [0.3, 0.4) is 0 Å². The topological polar surface area (TPSA) is 15.3 Å². The molecule has 0 aromatic rings. The van der Waals surface area contributed by atoms with Gasteiger partial charge in [-0.3, -0.25) is 4.90 Å². The molecule has 1 atom stereocenters. The lowest BCUT2D eigenvalue weighted by atomic mass is 9.85. The van der Waals surface area contributed by atoms with E-state index in [0.29, 0.717) is 6.04 Å². The molecule has 0 aromatic carbocycles. The molecule has 1 N–H and O–H groups in total. The van der Waals surface area contributed by atoms with E-state index in [9.17, 15) is 0 Å². The van der Waals surface area contributed by atoms with E-state index in [1.165, 1.54) is 50.9 Å². The average molecular weight is 295 g/mol. The van der Waals surface area contributed by atoms with E-state index in [-0.39, 0.29) is 0 Å². The zero-order chi connectivity index (χ0) is 15.8. The van der Waals surface area contributed by atoms with Crippen LogP contribution < -0.4 is 5.32 Å². The lowest BCUT2D eigenvalue weighted by molar-refractivity contribution is 0.174. The molecular weight excluding hydrogens is 256 g/mol. The van der Waals surface area contributed by atoms with Crippen LogP contribution in [0.2, 0.25) is 0 Å². The van der Waals surface area contributed by atoms with E-state index in [4.69, 9.17) is 0 Å². The molecule has 0 radical (unpaired) electrons. The maximum Gasteiger partial charge on any atom is 0.0375 e. The second-order valence-electron chi connectivity index (χ2n) is 7.93. The predicted octanol–water partition coefficient (Wildman–Crippen LogP) is 4.67. The molecule has 1 aliphatic rings. The van der Waals surface area contributed by atoms with Gasteiger partial charge in [0.05, 0.1) is 0 Å². The summed E-state index contributed by atoms with van der Waals surface area (Å²) in [7, 11) is 0. The van der Waals surface area contributed by atoms with Crippen molar-refractivity contribution in [2.24, 2.45) is 17.8 Å². The summed E-state index contributed by atoms with van der Waals surface area (Å²) in [4.78, 5) is 2.56. The molecule has 1 heterocycles. The quantitative estimate of drug-likeness (QED) is 0.664. The van der Waals surface area contributed by atoms with Crippen molar-refractivity contribution in [3.63, 3.8) is 0 Å². The number of nitrogens with one attached hydrogen (secondary N) is 1. The monoisotopic (exact) mass is 294 g/mol. The zero-order valence-electron chi connectivity index (χ0n) is 15.1. The molecule has 21 heavy (non-hydrogen) atoms. The van der Waals surface area contributed by atoms with Crippen molar-refractivity contribution >= 4 is 0 Å². The highest BCUT2D eigenvalue weighted by Gasteiger charge is 2.21. The number of hydrogen-bond donors (Lipinski definition) is 1. The van der Waals surface area contributed by atoms with Gasteiger partial charge in [-0.1, -0.05) is 40.2 Å². The van der Waals surface area contributed by atoms with E-state index in [2.05, 4.69) is 51.4 Å². The Kier molecular flexibility index (Phi) is 8.39. The van der Waals surface area contributed by atoms with E-state index >= 15 is 0 Å². The summed E-state index contributed by atoms with van der Waals surface area (Å²) in [5.74, 6) is 2.71. The van der Waals surface area contributed by atoms with Gasteiger partial charge in [0.1, 0.15) is 0 Å². The highest BCUT2D eigenvalue weighted by molar-refractivity contribution is 4.96. The zero-order valence-corrected chi connectivity index (χ0v) is 15.1. The number of rotatable bonds is 9. The average Bonchev–Trinajstić information content (AvgIpc) is 2.37. The van der Waals surface area contributed by atoms with Crippen LogP contribution in [0.15, 0.2) is 12.3 Å². The van der Waals surface area contributed by atoms with Gasteiger partial charge in [0.25, 0.3) is 0 Å². The smallest absolute Gasteiger partial charge is 0.0375 e. The lowest BCUT2D eigenvalue weighted by Gasteiger charge is -2.34. The number of likely N-dealkylation sites (tertiary alicyclic amines) is 1. The molecule has 0 aromatic heterocycles. The Morgan fingerprint density at radius 1 is 1.10 bits per heavy atom. The minimum Gasteiger partial charge on any atom is -0.386 e. The minimum atomic E-state index is 0.497. The van der Waals surface area contributed by atoms with Crippen molar-refractivity contribution in [3.05, 3.63) is 12.3 Å². The first kappa shape index (κ1) is 18.5. The first-order valence-electron chi connectivity index (χ1n) is 9.03. The second kappa shape index (κ2) is 9.50.